The van der Waals surface area contributed by atoms with Crippen LogP contribution in [0.2, 0.25) is 0 Å². The van der Waals surface area contributed by atoms with Crippen molar-refractivity contribution in [1.29, 1.82) is 0 Å². The Bertz CT molecular complexity index is 2140. The molecule has 4 aromatic carbocycles. The summed E-state index contributed by atoms with van der Waals surface area (Å²) in [4.78, 5) is 9.44. The third kappa shape index (κ3) is 4.00. The van der Waals surface area contributed by atoms with E-state index in [1.807, 2.05) is 30.5 Å². The average Bonchev–Trinajstić information content (AvgIpc) is 3.40. The van der Waals surface area contributed by atoms with E-state index in [0.717, 1.165) is 34.9 Å². The lowest BCUT2D eigenvalue weighted by atomic mass is 10.00. The zero-order valence-corrected chi connectivity index (χ0v) is 22.3. The Balaban J connectivity index is 1.34. The maximum absolute atomic E-state index is 4.95. The Labute approximate surface area is 237 Å². The van der Waals surface area contributed by atoms with Gasteiger partial charge in [-0.25, -0.2) is 4.98 Å². The zero-order chi connectivity index (χ0) is 27.2. The van der Waals surface area contributed by atoms with E-state index in [2.05, 4.69) is 118 Å². The second-order valence-electron chi connectivity index (χ2n) is 10.3. The molecular weight excluding hydrogens is 500 g/mol. The lowest BCUT2D eigenvalue weighted by Crippen LogP contribution is -2.08. The first-order chi connectivity index (χ1) is 20.3. The lowest BCUT2D eigenvalue weighted by molar-refractivity contribution is 0.976. The molecule has 0 saturated heterocycles. The van der Waals surface area contributed by atoms with E-state index in [-0.39, 0.29) is 0 Å². The monoisotopic (exact) mass is 526 g/mol. The van der Waals surface area contributed by atoms with Crippen molar-refractivity contribution in [1.82, 2.24) is 19.9 Å². The molecule has 4 heterocycles. The van der Waals surface area contributed by atoms with Gasteiger partial charge in [0, 0.05) is 40.2 Å². The number of dihydropyridines is 1. The van der Waals surface area contributed by atoms with Crippen molar-refractivity contribution >= 4 is 38.2 Å². The molecule has 7 aromatic rings. The number of benzene rings is 4. The Kier molecular flexibility index (Phi) is 5.49. The first-order valence-electron chi connectivity index (χ1n) is 13.9. The highest BCUT2D eigenvalue weighted by atomic mass is 15.0. The maximum atomic E-state index is 4.95. The molecule has 0 atom stereocenters. The molecule has 0 unspecified atom stereocenters. The summed E-state index contributed by atoms with van der Waals surface area (Å²) >= 11 is 0. The van der Waals surface area contributed by atoms with Gasteiger partial charge in [-0.1, -0.05) is 72.8 Å². The molecule has 194 valence electrons. The number of aromatic nitrogens is 3. The van der Waals surface area contributed by atoms with Gasteiger partial charge >= 0.3 is 0 Å². The van der Waals surface area contributed by atoms with Crippen LogP contribution in [0.1, 0.15) is 5.56 Å². The largest absolute Gasteiger partial charge is 0.387 e. The SMILES string of the molecule is C1=CC(c2ccc3c4ccc5cc(-c6cccc(-c7ccccn7)n6)ccc5c4n(-c4ccccc4)c3c2)=CCN1. The predicted octanol–water partition coefficient (Wildman–Crippen LogP) is 8.56. The summed E-state index contributed by atoms with van der Waals surface area (Å²) < 4.78 is 2.42. The number of pyridine rings is 2. The summed E-state index contributed by atoms with van der Waals surface area (Å²) in [5.74, 6) is 0. The second kappa shape index (κ2) is 9.61. The minimum atomic E-state index is 0.845. The number of hydrogen-bond acceptors (Lipinski definition) is 3. The van der Waals surface area contributed by atoms with E-state index in [9.17, 15) is 0 Å². The van der Waals surface area contributed by atoms with Gasteiger partial charge in [-0.3, -0.25) is 4.98 Å². The molecule has 0 fully saturated rings. The van der Waals surface area contributed by atoms with Gasteiger partial charge in [-0.15, -0.1) is 0 Å². The second-order valence-corrected chi connectivity index (χ2v) is 10.3. The summed E-state index contributed by atoms with van der Waals surface area (Å²) in [5.41, 5.74) is 9.81. The van der Waals surface area contributed by atoms with Crippen LogP contribution in [0.5, 0.6) is 0 Å². The van der Waals surface area contributed by atoms with Crippen LogP contribution in [-0.4, -0.2) is 21.1 Å². The minimum absolute atomic E-state index is 0.845. The highest BCUT2D eigenvalue weighted by Gasteiger charge is 2.17. The van der Waals surface area contributed by atoms with Crippen molar-refractivity contribution in [2.24, 2.45) is 0 Å². The van der Waals surface area contributed by atoms with Crippen LogP contribution < -0.4 is 5.32 Å². The highest BCUT2D eigenvalue weighted by Crippen LogP contribution is 2.39. The number of allylic oxidation sites excluding steroid dienone is 2. The number of nitrogens with zero attached hydrogens (tertiary/aromatic N) is 3. The van der Waals surface area contributed by atoms with Crippen LogP contribution in [-0.2, 0) is 0 Å². The van der Waals surface area contributed by atoms with Crippen molar-refractivity contribution in [3.8, 4) is 28.3 Å². The number of fused-ring (bicyclic) bond motifs is 5. The van der Waals surface area contributed by atoms with Crippen molar-refractivity contribution in [3.63, 3.8) is 0 Å². The summed E-state index contributed by atoms with van der Waals surface area (Å²) in [6.45, 7) is 0.845. The molecule has 0 amide bonds. The molecule has 0 bridgehead atoms. The summed E-state index contributed by atoms with van der Waals surface area (Å²) in [6.07, 6.45) is 8.22. The molecule has 0 spiro atoms. The van der Waals surface area contributed by atoms with Crippen molar-refractivity contribution in [2.45, 2.75) is 0 Å². The van der Waals surface area contributed by atoms with E-state index in [0.29, 0.717) is 0 Å². The van der Waals surface area contributed by atoms with Crippen molar-refractivity contribution < 1.29 is 0 Å². The van der Waals surface area contributed by atoms with Crippen LogP contribution in [0.25, 0.3) is 66.5 Å². The van der Waals surface area contributed by atoms with Crippen LogP contribution in [0.3, 0.4) is 0 Å². The number of hydrogen-bond donors (Lipinski definition) is 1. The van der Waals surface area contributed by atoms with Crippen LogP contribution in [0.15, 0.2) is 140 Å². The molecule has 8 rings (SSSR count). The summed E-state index contributed by atoms with van der Waals surface area (Å²) in [6, 6.07) is 40.8. The van der Waals surface area contributed by atoms with Gasteiger partial charge in [0.25, 0.3) is 0 Å². The Hall–Kier alpha value is -5.48. The topological polar surface area (TPSA) is 42.7 Å². The molecule has 3 aromatic heterocycles. The Morgan fingerprint density at radius 1 is 0.634 bits per heavy atom. The zero-order valence-electron chi connectivity index (χ0n) is 22.3. The van der Waals surface area contributed by atoms with Crippen molar-refractivity contribution in [2.75, 3.05) is 6.54 Å². The third-order valence-corrected chi connectivity index (χ3v) is 7.88. The molecule has 1 aliphatic heterocycles. The Morgan fingerprint density at radius 3 is 2.29 bits per heavy atom. The van der Waals surface area contributed by atoms with Gasteiger partial charge in [0.2, 0.25) is 0 Å². The van der Waals surface area contributed by atoms with Gasteiger partial charge in [0.1, 0.15) is 0 Å². The predicted molar refractivity (Wildman–Crippen MR) is 170 cm³/mol. The van der Waals surface area contributed by atoms with E-state index in [1.165, 1.54) is 43.7 Å². The fourth-order valence-corrected chi connectivity index (χ4v) is 5.94. The highest BCUT2D eigenvalue weighted by molar-refractivity contribution is 6.19. The molecule has 41 heavy (non-hydrogen) atoms. The quantitative estimate of drug-likeness (QED) is 0.250. The van der Waals surface area contributed by atoms with Crippen LogP contribution >= 0.6 is 0 Å². The van der Waals surface area contributed by atoms with E-state index < -0.39 is 0 Å². The lowest BCUT2D eigenvalue weighted by Gasteiger charge is -2.12. The number of nitrogens with one attached hydrogen (secondary N) is 1. The maximum Gasteiger partial charge on any atom is 0.0893 e. The standard InChI is InChI=1S/C37H26N4/c1-2-7-29(8-3-1)41-36-24-26(25-18-21-38-22-19-25)12-16-31(36)32-17-13-27-23-28(14-15-30(27)37(32)41)33-10-6-11-35(40-33)34-9-4-5-20-39-34/h1-21,23-24,38H,22H2. The normalized spacial score (nSPS) is 13.0. The van der Waals surface area contributed by atoms with Gasteiger partial charge in [0.05, 0.1) is 28.1 Å². The molecule has 0 radical (unpaired) electrons. The van der Waals surface area contributed by atoms with E-state index >= 15 is 0 Å². The summed E-state index contributed by atoms with van der Waals surface area (Å²) in [5, 5.41) is 8.16. The molecular formula is C37H26N4. The fourth-order valence-electron chi connectivity index (χ4n) is 5.94. The van der Waals surface area contributed by atoms with Gasteiger partial charge in [0.15, 0.2) is 0 Å². The number of rotatable bonds is 4. The summed E-state index contributed by atoms with van der Waals surface area (Å²) in [7, 11) is 0. The smallest absolute Gasteiger partial charge is 0.0893 e. The van der Waals surface area contributed by atoms with E-state index in [1.54, 1.807) is 6.20 Å². The van der Waals surface area contributed by atoms with Crippen LogP contribution in [0.4, 0.5) is 0 Å². The van der Waals surface area contributed by atoms with Crippen molar-refractivity contribution in [3.05, 3.63) is 145 Å². The van der Waals surface area contributed by atoms with Gasteiger partial charge in [-0.05, 0) is 77.3 Å². The molecule has 4 nitrogen and oxygen atoms in total. The average molecular weight is 527 g/mol. The van der Waals surface area contributed by atoms with Crippen LogP contribution in [0, 0.1) is 0 Å². The van der Waals surface area contributed by atoms with Gasteiger partial charge < -0.3 is 9.88 Å². The first kappa shape index (κ1) is 23.4. The Morgan fingerprint density at radius 2 is 1.44 bits per heavy atom. The minimum Gasteiger partial charge on any atom is -0.387 e. The molecule has 4 heteroatoms. The molecule has 0 saturated carbocycles. The molecule has 1 aliphatic rings. The number of para-hydroxylation sites is 1. The first-order valence-corrected chi connectivity index (χ1v) is 13.9. The fraction of sp³-hybridized carbons (Fsp3) is 0.0270. The molecule has 0 aliphatic carbocycles. The third-order valence-electron chi connectivity index (χ3n) is 7.88. The van der Waals surface area contributed by atoms with E-state index in [4.69, 9.17) is 4.98 Å². The molecule has 1 N–H and O–H groups in total. The van der Waals surface area contributed by atoms with Gasteiger partial charge in [-0.2, -0.15) is 0 Å².